The van der Waals surface area contributed by atoms with Crippen molar-refractivity contribution in [3.05, 3.63) is 35.0 Å². The second kappa shape index (κ2) is 8.92. The normalized spacial score (nSPS) is 16.8. The molecule has 7 nitrogen and oxygen atoms in total. The van der Waals surface area contributed by atoms with E-state index in [4.69, 9.17) is 16.3 Å². The summed E-state index contributed by atoms with van der Waals surface area (Å²) in [5, 5.41) is 1.47. The van der Waals surface area contributed by atoms with Gasteiger partial charge in [0.2, 0.25) is 0 Å². The lowest BCUT2D eigenvalue weighted by molar-refractivity contribution is 0.175. The van der Waals surface area contributed by atoms with Gasteiger partial charge in [-0.2, -0.15) is 17.0 Å². The molecule has 9 heteroatoms. The maximum atomic E-state index is 12.7. The summed E-state index contributed by atoms with van der Waals surface area (Å²) in [5.41, 5.74) is 1.74. The first-order valence-corrected chi connectivity index (χ1v) is 11.3. The smallest absolute Gasteiger partial charge is 0.282 e. The van der Waals surface area contributed by atoms with Gasteiger partial charge in [0.1, 0.15) is 10.9 Å². The zero-order chi connectivity index (χ0) is 20.3. The monoisotopic (exact) mass is 426 g/mol. The van der Waals surface area contributed by atoms with Gasteiger partial charge in [0, 0.05) is 62.8 Å². The van der Waals surface area contributed by atoms with E-state index in [9.17, 15) is 8.42 Å². The quantitative estimate of drug-likeness (QED) is 0.636. The van der Waals surface area contributed by atoms with Crippen molar-refractivity contribution in [1.82, 2.24) is 18.5 Å². The Labute approximate surface area is 172 Å². The van der Waals surface area contributed by atoms with Crippen LogP contribution in [0.1, 0.15) is 19.4 Å². The lowest BCUT2D eigenvalue weighted by atomic mass is 10.1. The van der Waals surface area contributed by atoms with E-state index in [1.807, 2.05) is 38.1 Å². The molecule has 0 radical (unpaired) electrons. The van der Waals surface area contributed by atoms with Crippen LogP contribution in [-0.4, -0.2) is 73.3 Å². The SMILES string of the molecule is CCN(CC)S(=O)(=O)N1CCN(Cc2cc3ccc(OC)cc3nc2Cl)CC1. The van der Waals surface area contributed by atoms with Crippen molar-refractivity contribution in [2.75, 3.05) is 46.4 Å². The predicted octanol–water partition coefficient (Wildman–Crippen LogP) is 2.60. The van der Waals surface area contributed by atoms with Gasteiger partial charge in [-0.05, 0) is 18.2 Å². The molecule has 1 aliphatic rings. The standard InChI is InChI=1S/C19H27ClN4O3S/c1-4-23(5-2)28(25,26)24-10-8-22(9-11-24)14-16-12-15-6-7-17(27-3)13-18(15)21-19(16)20/h6-7,12-13H,4-5,8-11,14H2,1-3H3. The Hall–Kier alpha value is -1.45. The van der Waals surface area contributed by atoms with Crippen LogP contribution < -0.4 is 4.74 Å². The third-order valence-electron chi connectivity index (χ3n) is 5.13. The van der Waals surface area contributed by atoms with Crippen molar-refractivity contribution < 1.29 is 13.2 Å². The molecule has 0 N–H and O–H groups in total. The Kier molecular flexibility index (Phi) is 6.77. The zero-order valence-corrected chi connectivity index (χ0v) is 18.1. The minimum Gasteiger partial charge on any atom is -0.497 e. The Balaban J connectivity index is 1.68. The van der Waals surface area contributed by atoms with Crippen LogP contribution in [0.5, 0.6) is 5.75 Å². The summed E-state index contributed by atoms with van der Waals surface area (Å²) >= 11 is 6.41. The van der Waals surface area contributed by atoms with E-state index in [-0.39, 0.29) is 0 Å². The van der Waals surface area contributed by atoms with Gasteiger partial charge in [0.05, 0.1) is 12.6 Å². The van der Waals surface area contributed by atoms with Crippen LogP contribution in [0.2, 0.25) is 5.15 Å². The fraction of sp³-hybridized carbons (Fsp3) is 0.526. The molecular weight excluding hydrogens is 400 g/mol. The lowest BCUT2D eigenvalue weighted by Gasteiger charge is -2.36. The second-order valence-corrected chi connectivity index (χ2v) is 9.05. The van der Waals surface area contributed by atoms with Crippen molar-refractivity contribution in [1.29, 1.82) is 0 Å². The van der Waals surface area contributed by atoms with E-state index >= 15 is 0 Å². The van der Waals surface area contributed by atoms with E-state index in [1.54, 1.807) is 11.4 Å². The lowest BCUT2D eigenvalue weighted by Crippen LogP contribution is -2.52. The minimum absolute atomic E-state index is 0.471. The molecule has 1 aromatic heterocycles. The highest BCUT2D eigenvalue weighted by Crippen LogP contribution is 2.25. The van der Waals surface area contributed by atoms with E-state index < -0.39 is 10.2 Å². The number of piperazine rings is 1. The van der Waals surface area contributed by atoms with Gasteiger partial charge in [-0.15, -0.1) is 0 Å². The zero-order valence-electron chi connectivity index (χ0n) is 16.6. The fourth-order valence-corrected chi connectivity index (χ4v) is 5.29. The van der Waals surface area contributed by atoms with Crippen LogP contribution in [0.3, 0.4) is 0 Å². The average molecular weight is 427 g/mol. The molecule has 0 unspecified atom stereocenters. The van der Waals surface area contributed by atoms with Crippen molar-refractivity contribution in [3.63, 3.8) is 0 Å². The van der Waals surface area contributed by atoms with Crippen LogP contribution in [0.15, 0.2) is 24.3 Å². The molecular formula is C19H27ClN4O3S. The van der Waals surface area contributed by atoms with Crippen LogP contribution in [0.4, 0.5) is 0 Å². The number of methoxy groups -OCH3 is 1. The van der Waals surface area contributed by atoms with Crippen molar-refractivity contribution in [2.24, 2.45) is 0 Å². The van der Waals surface area contributed by atoms with Crippen LogP contribution in [0, 0.1) is 0 Å². The Morgan fingerprint density at radius 1 is 1.14 bits per heavy atom. The number of fused-ring (bicyclic) bond motifs is 1. The number of halogens is 1. The van der Waals surface area contributed by atoms with Gasteiger partial charge in [-0.3, -0.25) is 4.90 Å². The number of hydrogen-bond donors (Lipinski definition) is 0. The molecule has 1 aliphatic heterocycles. The van der Waals surface area contributed by atoms with E-state index in [0.29, 0.717) is 51.0 Å². The maximum absolute atomic E-state index is 12.7. The van der Waals surface area contributed by atoms with Crippen LogP contribution in [-0.2, 0) is 16.8 Å². The van der Waals surface area contributed by atoms with Crippen molar-refractivity contribution >= 4 is 32.7 Å². The highest BCUT2D eigenvalue weighted by Gasteiger charge is 2.30. The van der Waals surface area contributed by atoms with E-state index in [0.717, 1.165) is 22.2 Å². The van der Waals surface area contributed by atoms with Crippen LogP contribution in [0.25, 0.3) is 10.9 Å². The Bertz CT molecular complexity index is 926. The topological polar surface area (TPSA) is 66.0 Å². The first-order valence-electron chi connectivity index (χ1n) is 9.49. The molecule has 0 atom stereocenters. The van der Waals surface area contributed by atoms with Gasteiger partial charge in [-0.1, -0.05) is 25.4 Å². The van der Waals surface area contributed by atoms with Gasteiger partial charge in [0.25, 0.3) is 10.2 Å². The number of hydrogen-bond acceptors (Lipinski definition) is 5. The Morgan fingerprint density at radius 3 is 2.43 bits per heavy atom. The molecule has 1 saturated heterocycles. The predicted molar refractivity (Wildman–Crippen MR) is 112 cm³/mol. The van der Waals surface area contributed by atoms with Gasteiger partial charge >= 0.3 is 0 Å². The molecule has 0 amide bonds. The molecule has 0 aliphatic carbocycles. The average Bonchev–Trinajstić information content (AvgIpc) is 2.69. The summed E-state index contributed by atoms with van der Waals surface area (Å²) in [5.74, 6) is 0.745. The number of ether oxygens (including phenoxy) is 1. The summed E-state index contributed by atoms with van der Waals surface area (Å²) in [6.45, 7) is 7.64. The summed E-state index contributed by atoms with van der Waals surface area (Å²) in [6, 6.07) is 7.78. The highest BCUT2D eigenvalue weighted by atomic mass is 35.5. The van der Waals surface area contributed by atoms with Crippen LogP contribution >= 0.6 is 11.6 Å². The number of rotatable bonds is 7. The minimum atomic E-state index is -3.37. The summed E-state index contributed by atoms with van der Waals surface area (Å²) in [4.78, 5) is 6.71. The first-order chi connectivity index (χ1) is 13.4. The third-order valence-corrected chi connectivity index (χ3v) is 7.65. The molecule has 2 heterocycles. The molecule has 3 rings (SSSR count). The highest BCUT2D eigenvalue weighted by molar-refractivity contribution is 7.86. The molecule has 154 valence electrons. The maximum Gasteiger partial charge on any atom is 0.282 e. The second-order valence-electron chi connectivity index (χ2n) is 6.76. The van der Waals surface area contributed by atoms with Gasteiger partial charge in [-0.25, -0.2) is 4.98 Å². The summed E-state index contributed by atoms with van der Waals surface area (Å²) < 4.78 is 33.6. The molecule has 2 aromatic rings. The fourth-order valence-electron chi connectivity index (χ4n) is 3.48. The molecule has 0 spiro atoms. The van der Waals surface area contributed by atoms with Gasteiger partial charge < -0.3 is 4.74 Å². The number of pyridine rings is 1. The molecule has 0 bridgehead atoms. The van der Waals surface area contributed by atoms with Crippen molar-refractivity contribution in [2.45, 2.75) is 20.4 Å². The third kappa shape index (κ3) is 4.41. The molecule has 1 fully saturated rings. The summed E-state index contributed by atoms with van der Waals surface area (Å²) in [6.07, 6.45) is 0. The molecule has 0 saturated carbocycles. The van der Waals surface area contributed by atoms with E-state index in [2.05, 4.69) is 9.88 Å². The van der Waals surface area contributed by atoms with Gasteiger partial charge in [0.15, 0.2) is 0 Å². The molecule has 28 heavy (non-hydrogen) atoms. The largest absolute Gasteiger partial charge is 0.497 e. The molecule has 1 aromatic carbocycles. The number of benzene rings is 1. The van der Waals surface area contributed by atoms with E-state index in [1.165, 1.54) is 4.31 Å². The number of aromatic nitrogens is 1. The Morgan fingerprint density at radius 2 is 1.82 bits per heavy atom. The first kappa shape index (κ1) is 21.3. The van der Waals surface area contributed by atoms with Crippen molar-refractivity contribution in [3.8, 4) is 5.75 Å². The number of nitrogens with zero attached hydrogens (tertiary/aromatic N) is 4. The summed E-state index contributed by atoms with van der Waals surface area (Å²) in [7, 11) is -1.75.